The minimum Gasteiger partial charge on any atom is -0.350 e. The third kappa shape index (κ3) is 3.49. The van der Waals surface area contributed by atoms with Gasteiger partial charge in [0.1, 0.15) is 6.54 Å². The summed E-state index contributed by atoms with van der Waals surface area (Å²) in [5.74, 6) is 0.662. The Labute approximate surface area is 110 Å². The smallest absolute Gasteiger partial charge is 0.282 e. The summed E-state index contributed by atoms with van der Waals surface area (Å²) in [5.41, 5.74) is 0. The molecular weight excluding hydrogens is 252 g/mol. The van der Waals surface area contributed by atoms with Crippen LogP contribution in [0.4, 0.5) is 4.79 Å². The summed E-state index contributed by atoms with van der Waals surface area (Å²) in [6, 6.07) is 0.0112. The average molecular weight is 268 g/mol. The highest BCUT2D eigenvalue weighted by atomic mass is 32.2. The highest BCUT2D eigenvalue weighted by Gasteiger charge is 2.23. The molecule has 1 atom stereocenters. The zero-order chi connectivity index (χ0) is 13.0. The Kier molecular flexibility index (Phi) is 4.24. The number of hydrogen-bond donors (Lipinski definition) is 1. The SMILES string of the molecule is C[C@@H](Cn1ccnc1)NC(=O)CN1CCSC1=O. The normalized spacial score (nSPS) is 16.9. The van der Waals surface area contributed by atoms with Crippen LogP contribution in [0.5, 0.6) is 0 Å². The quantitative estimate of drug-likeness (QED) is 0.847. The summed E-state index contributed by atoms with van der Waals surface area (Å²) in [6.45, 7) is 3.42. The third-order valence-electron chi connectivity index (χ3n) is 2.63. The van der Waals surface area contributed by atoms with E-state index in [1.54, 1.807) is 17.4 Å². The van der Waals surface area contributed by atoms with Crippen LogP contribution in [-0.2, 0) is 11.3 Å². The van der Waals surface area contributed by atoms with Crippen molar-refractivity contribution in [3.8, 4) is 0 Å². The van der Waals surface area contributed by atoms with Gasteiger partial charge in [-0.15, -0.1) is 0 Å². The zero-order valence-corrected chi connectivity index (χ0v) is 11.0. The Morgan fingerprint density at radius 3 is 3.11 bits per heavy atom. The van der Waals surface area contributed by atoms with Gasteiger partial charge in [0.15, 0.2) is 0 Å². The van der Waals surface area contributed by atoms with Gasteiger partial charge in [0.05, 0.1) is 6.33 Å². The van der Waals surface area contributed by atoms with Gasteiger partial charge in [0, 0.05) is 37.3 Å². The molecular formula is C11H16N4O2S. The molecule has 2 amide bonds. The van der Waals surface area contributed by atoms with E-state index in [1.165, 1.54) is 11.8 Å². The van der Waals surface area contributed by atoms with Crippen molar-refractivity contribution in [2.24, 2.45) is 0 Å². The van der Waals surface area contributed by atoms with Crippen LogP contribution < -0.4 is 5.32 Å². The number of nitrogens with one attached hydrogen (secondary N) is 1. The summed E-state index contributed by atoms with van der Waals surface area (Å²) in [6.07, 6.45) is 5.27. The Bertz CT molecular complexity index is 421. The second-order valence-electron chi connectivity index (χ2n) is 4.26. The molecule has 0 aromatic carbocycles. The molecule has 1 aromatic rings. The van der Waals surface area contributed by atoms with Crippen LogP contribution in [0.2, 0.25) is 0 Å². The van der Waals surface area contributed by atoms with Crippen LogP contribution in [-0.4, -0.2) is 50.5 Å². The molecule has 2 rings (SSSR count). The van der Waals surface area contributed by atoms with E-state index in [9.17, 15) is 9.59 Å². The predicted molar refractivity (Wildman–Crippen MR) is 69.3 cm³/mol. The lowest BCUT2D eigenvalue weighted by molar-refractivity contribution is -0.122. The van der Waals surface area contributed by atoms with E-state index < -0.39 is 0 Å². The van der Waals surface area contributed by atoms with E-state index in [-0.39, 0.29) is 23.7 Å². The van der Waals surface area contributed by atoms with E-state index in [0.29, 0.717) is 13.1 Å². The summed E-state index contributed by atoms with van der Waals surface area (Å²) in [4.78, 5) is 28.6. The lowest BCUT2D eigenvalue weighted by Gasteiger charge is -2.18. The number of amides is 2. The minimum atomic E-state index is -0.113. The van der Waals surface area contributed by atoms with Gasteiger partial charge in [-0.05, 0) is 6.92 Å². The maximum absolute atomic E-state index is 11.7. The standard InChI is InChI=1S/C11H16N4O2S/c1-9(6-14-3-2-12-8-14)13-10(16)7-15-4-5-18-11(15)17/h2-3,8-9H,4-7H2,1H3,(H,13,16)/t9-/m0/s1. The van der Waals surface area contributed by atoms with Crippen molar-refractivity contribution in [2.45, 2.75) is 19.5 Å². The van der Waals surface area contributed by atoms with Crippen LogP contribution in [0.3, 0.4) is 0 Å². The first kappa shape index (κ1) is 12.9. The number of thioether (sulfide) groups is 1. The van der Waals surface area contributed by atoms with E-state index in [0.717, 1.165) is 5.75 Å². The number of aromatic nitrogens is 2. The van der Waals surface area contributed by atoms with Crippen LogP contribution in [0.25, 0.3) is 0 Å². The Balaban J connectivity index is 1.75. The third-order valence-corrected chi connectivity index (χ3v) is 3.52. The van der Waals surface area contributed by atoms with Gasteiger partial charge in [-0.2, -0.15) is 0 Å². The summed E-state index contributed by atoms with van der Waals surface area (Å²) >= 11 is 1.26. The molecule has 7 heteroatoms. The number of hydrogen-bond acceptors (Lipinski definition) is 4. The Morgan fingerprint density at radius 2 is 2.50 bits per heavy atom. The molecule has 0 saturated carbocycles. The van der Waals surface area contributed by atoms with Crippen LogP contribution in [0.1, 0.15) is 6.92 Å². The zero-order valence-electron chi connectivity index (χ0n) is 10.2. The molecule has 0 unspecified atom stereocenters. The topological polar surface area (TPSA) is 67.2 Å². The number of nitrogens with zero attached hydrogens (tertiary/aromatic N) is 3. The molecule has 2 heterocycles. The average Bonchev–Trinajstić information content (AvgIpc) is 2.91. The largest absolute Gasteiger partial charge is 0.350 e. The molecule has 1 fully saturated rings. The molecule has 0 bridgehead atoms. The van der Waals surface area contributed by atoms with E-state index in [2.05, 4.69) is 10.3 Å². The van der Waals surface area contributed by atoms with Crippen molar-refractivity contribution in [3.05, 3.63) is 18.7 Å². The first-order chi connectivity index (χ1) is 8.65. The monoisotopic (exact) mass is 268 g/mol. The molecule has 0 spiro atoms. The van der Waals surface area contributed by atoms with Crippen molar-refractivity contribution in [1.82, 2.24) is 19.8 Å². The molecule has 1 aliphatic heterocycles. The van der Waals surface area contributed by atoms with Crippen molar-refractivity contribution >= 4 is 22.9 Å². The highest BCUT2D eigenvalue weighted by molar-refractivity contribution is 8.13. The van der Waals surface area contributed by atoms with E-state index >= 15 is 0 Å². The number of carbonyl (C=O) groups excluding carboxylic acids is 2. The van der Waals surface area contributed by atoms with Crippen molar-refractivity contribution in [1.29, 1.82) is 0 Å². The maximum Gasteiger partial charge on any atom is 0.282 e. The second kappa shape index (κ2) is 5.90. The molecule has 0 radical (unpaired) electrons. The van der Waals surface area contributed by atoms with Gasteiger partial charge in [-0.3, -0.25) is 9.59 Å². The molecule has 98 valence electrons. The lowest BCUT2D eigenvalue weighted by atomic mass is 10.3. The maximum atomic E-state index is 11.7. The lowest BCUT2D eigenvalue weighted by Crippen LogP contribution is -2.42. The van der Waals surface area contributed by atoms with Crippen molar-refractivity contribution in [3.63, 3.8) is 0 Å². The van der Waals surface area contributed by atoms with Gasteiger partial charge in [0.2, 0.25) is 5.91 Å². The Hall–Kier alpha value is -1.50. The fourth-order valence-corrected chi connectivity index (χ4v) is 2.64. The number of rotatable bonds is 5. The van der Waals surface area contributed by atoms with Gasteiger partial charge in [0.25, 0.3) is 5.24 Å². The first-order valence-electron chi connectivity index (χ1n) is 5.82. The molecule has 18 heavy (non-hydrogen) atoms. The number of imidazole rings is 1. The molecule has 1 aliphatic rings. The summed E-state index contributed by atoms with van der Waals surface area (Å²) in [5, 5.41) is 2.87. The van der Waals surface area contributed by atoms with E-state index in [4.69, 9.17) is 0 Å². The number of carbonyl (C=O) groups is 2. The first-order valence-corrected chi connectivity index (χ1v) is 6.80. The van der Waals surface area contributed by atoms with Gasteiger partial charge in [-0.1, -0.05) is 11.8 Å². The second-order valence-corrected chi connectivity index (χ2v) is 5.31. The Morgan fingerprint density at radius 1 is 1.67 bits per heavy atom. The van der Waals surface area contributed by atoms with Crippen LogP contribution in [0, 0.1) is 0 Å². The molecule has 6 nitrogen and oxygen atoms in total. The predicted octanol–water partition coefficient (Wildman–Crippen LogP) is 0.557. The molecule has 0 aliphatic carbocycles. The van der Waals surface area contributed by atoms with Crippen LogP contribution in [0.15, 0.2) is 18.7 Å². The van der Waals surface area contributed by atoms with Crippen molar-refractivity contribution in [2.75, 3.05) is 18.8 Å². The van der Waals surface area contributed by atoms with E-state index in [1.807, 2.05) is 17.7 Å². The fourth-order valence-electron chi connectivity index (χ4n) is 1.82. The molecule has 1 saturated heterocycles. The van der Waals surface area contributed by atoms with Crippen LogP contribution >= 0.6 is 11.8 Å². The fraction of sp³-hybridized carbons (Fsp3) is 0.545. The van der Waals surface area contributed by atoms with Crippen molar-refractivity contribution < 1.29 is 9.59 Å². The van der Waals surface area contributed by atoms with Gasteiger partial charge in [-0.25, -0.2) is 4.98 Å². The summed E-state index contributed by atoms with van der Waals surface area (Å²) in [7, 11) is 0. The minimum absolute atomic E-state index is 0.00703. The highest BCUT2D eigenvalue weighted by Crippen LogP contribution is 2.16. The molecule has 1 aromatic heterocycles. The molecule has 1 N–H and O–H groups in total. The summed E-state index contributed by atoms with van der Waals surface area (Å²) < 4.78 is 1.90. The van der Waals surface area contributed by atoms with Gasteiger partial charge >= 0.3 is 0 Å². The van der Waals surface area contributed by atoms with Gasteiger partial charge < -0.3 is 14.8 Å².